The van der Waals surface area contributed by atoms with Crippen molar-refractivity contribution in [3.05, 3.63) is 16.1 Å². The molecule has 0 aliphatic heterocycles. The summed E-state index contributed by atoms with van der Waals surface area (Å²) in [6.07, 6.45) is 2.49. The molecule has 80 valence electrons. The maximum absolute atomic E-state index is 9.78. The molecule has 1 N–H and O–H groups in total. The first-order valence-corrected chi connectivity index (χ1v) is 6.08. The molecule has 1 aromatic heterocycles. The predicted octanol–water partition coefficient (Wildman–Crippen LogP) is 2.79. The minimum atomic E-state index is -0.230. The van der Waals surface area contributed by atoms with Crippen LogP contribution in [0.2, 0.25) is 0 Å². The molecule has 0 spiro atoms. The van der Waals surface area contributed by atoms with Gasteiger partial charge in [0.05, 0.1) is 16.8 Å². The SMILES string of the molecule is CCC(C)CC(O)Cc1csc(C)n1. The molecule has 3 heteroatoms. The Balaban J connectivity index is 2.37. The van der Waals surface area contributed by atoms with E-state index in [4.69, 9.17) is 0 Å². The van der Waals surface area contributed by atoms with Gasteiger partial charge in [-0.15, -0.1) is 11.3 Å². The van der Waals surface area contributed by atoms with E-state index in [1.807, 2.05) is 12.3 Å². The van der Waals surface area contributed by atoms with Crippen LogP contribution in [0.5, 0.6) is 0 Å². The Labute approximate surface area is 90.0 Å². The molecule has 0 fully saturated rings. The van der Waals surface area contributed by atoms with Crippen molar-refractivity contribution >= 4 is 11.3 Å². The molecule has 0 saturated heterocycles. The highest BCUT2D eigenvalue weighted by molar-refractivity contribution is 7.09. The van der Waals surface area contributed by atoms with Crippen molar-refractivity contribution in [1.82, 2.24) is 4.98 Å². The monoisotopic (exact) mass is 213 g/mol. The molecule has 2 atom stereocenters. The Morgan fingerprint density at radius 2 is 2.29 bits per heavy atom. The van der Waals surface area contributed by atoms with Crippen LogP contribution in [0.4, 0.5) is 0 Å². The molecule has 0 aromatic carbocycles. The molecule has 0 aliphatic rings. The lowest BCUT2D eigenvalue weighted by atomic mass is 9.99. The molecular formula is C11H19NOS. The van der Waals surface area contributed by atoms with Crippen LogP contribution in [-0.2, 0) is 6.42 Å². The number of thiazole rings is 1. The fraction of sp³-hybridized carbons (Fsp3) is 0.727. The lowest BCUT2D eigenvalue weighted by Crippen LogP contribution is -2.14. The maximum atomic E-state index is 9.78. The first kappa shape index (κ1) is 11.7. The summed E-state index contributed by atoms with van der Waals surface area (Å²) in [6.45, 7) is 6.33. The van der Waals surface area contributed by atoms with E-state index in [0.717, 1.165) is 23.5 Å². The zero-order valence-electron chi connectivity index (χ0n) is 9.16. The van der Waals surface area contributed by atoms with E-state index >= 15 is 0 Å². The largest absolute Gasteiger partial charge is 0.393 e. The lowest BCUT2D eigenvalue weighted by molar-refractivity contribution is 0.144. The average molecular weight is 213 g/mol. The summed E-state index contributed by atoms with van der Waals surface area (Å²) >= 11 is 1.65. The van der Waals surface area contributed by atoms with Gasteiger partial charge in [0.1, 0.15) is 0 Å². The van der Waals surface area contributed by atoms with Gasteiger partial charge in [-0.25, -0.2) is 4.98 Å². The van der Waals surface area contributed by atoms with Gasteiger partial charge in [-0.1, -0.05) is 20.3 Å². The van der Waals surface area contributed by atoms with Crippen LogP contribution < -0.4 is 0 Å². The summed E-state index contributed by atoms with van der Waals surface area (Å²) < 4.78 is 0. The molecule has 0 saturated carbocycles. The Hall–Kier alpha value is -0.410. The van der Waals surface area contributed by atoms with E-state index in [9.17, 15) is 5.11 Å². The second-order valence-electron chi connectivity index (χ2n) is 3.96. The summed E-state index contributed by atoms with van der Waals surface area (Å²) in [5.74, 6) is 0.602. The number of hydrogen-bond acceptors (Lipinski definition) is 3. The molecule has 1 aromatic rings. The summed E-state index contributed by atoms with van der Waals surface area (Å²) in [6, 6.07) is 0. The number of rotatable bonds is 5. The smallest absolute Gasteiger partial charge is 0.0897 e. The van der Waals surface area contributed by atoms with Gasteiger partial charge in [-0.05, 0) is 19.3 Å². The Bertz CT molecular complexity index is 272. The molecule has 14 heavy (non-hydrogen) atoms. The molecule has 0 aliphatic carbocycles. The van der Waals surface area contributed by atoms with Crippen LogP contribution in [0.3, 0.4) is 0 Å². The molecule has 0 radical (unpaired) electrons. The van der Waals surface area contributed by atoms with Crippen molar-refractivity contribution in [2.45, 2.75) is 46.1 Å². The van der Waals surface area contributed by atoms with Crippen LogP contribution in [0.1, 0.15) is 37.4 Å². The van der Waals surface area contributed by atoms with Gasteiger partial charge in [0.2, 0.25) is 0 Å². The van der Waals surface area contributed by atoms with Gasteiger partial charge in [0.15, 0.2) is 0 Å². The predicted molar refractivity (Wildman–Crippen MR) is 60.6 cm³/mol. The third-order valence-electron chi connectivity index (χ3n) is 2.48. The summed E-state index contributed by atoms with van der Waals surface area (Å²) in [7, 11) is 0. The molecular weight excluding hydrogens is 194 g/mol. The average Bonchev–Trinajstić information content (AvgIpc) is 2.50. The number of aliphatic hydroxyl groups excluding tert-OH is 1. The van der Waals surface area contributed by atoms with Gasteiger partial charge in [-0.3, -0.25) is 0 Å². The first-order valence-electron chi connectivity index (χ1n) is 5.20. The van der Waals surface area contributed by atoms with Crippen molar-refractivity contribution in [2.75, 3.05) is 0 Å². The highest BCUT2D eigenvalue weighted by Gasteiger charge is 2.11. The highest BCUT2D eigenvalue weighted by atomic mass is 32.1. The number of aryl methyl sites for hydroxylation is 1. The van der Waals surface area contributed by atoms with E-state index in [1.54, 1.807) is 11.3 Å². The topological polar surface area (TPSA) is 33.1 Å². The molecule has 2 unspecified atom stereocenters. The van der Waals surface area contributed by atoms with Crippen molar-refractivity contribution in [3.63, 3.8) is 0 Å². The zero-order valence-corrected chi connectivity index (χ0v) is 9.97. The molecule has 2 nitrogen and oxygen atoms in total. The van der Waals surface area contributed by atoms with Crippen LogP contribution in [-0.4, -0.2) is 16.2 Å². The van der Waals surface area contributed by atoms with Crippen LogP contribution in [0.15, 0.2) is 5.38 Å². The van der Waals surface area contributed by atoms with Crippen molar-refractivity contribution in [3.8, 4) is 0 Å². The zero-order chi connectivity index (χ0) is 10.6. The number of aromatic nitrogens is 1. The van der Waals surface area contributed by atoms with Crippen molar-refractivity contribution in [1.29, 1.82) is 0 Å². The third kappa shape index (κ3) is 3.76. The van der Waals surface area contributed by atoms with E-state index in [-0.39, 0.29) is 6.10 Å². The quantitative estimate of drug-likeness (QED) is 0.816. The normalized spacial score (nSPS) is 15.4. The number of nitrogens with zero attached hydrogens (tertiary/aromatic N) is 1. The molecule has 1 rings (SSSR count). The second-order valence-corrected chi connectivity index (χ2v) is 5.03. The van der Waals surface area contributed by atoms with Crippen LogP contribution in [0.25, 0.3) is 0 Å². The summed E-state index contributed by atoms with van der Waals surface area (Å²) in [5, 5.41) is 12.9. The van der Waals surface area contributed by atoms with Gasteiger partial charge >= 0.3 is 0 Å². The first-order chi connectivity index (χ1) is 6.61. The standard InChI is InChI=1S/C11H19NOS/c1-4-8(2)5-11(13)6-10-7-14-9(3)12-10/h7-8,11,13H,4-6H2,1-3H3. The fourth-order valence-corrected chi connectivity index (χ4v) is 2.08. The van der Waals surface area contributed by atoms with E-state index in [0.29, 0.717) is 12.3 Å². The Kier molecular flexibility index (Phi) is 4.55. The summed E-state index contributed by atoms with van der Waals surface area (Å²) in [5.41, 5.74) is 1.03. The van der Waals surface area contributed by atoms with Gasteiger partial charge in [-0.2, -0.15) is 0 Å². The number of hydrogen-bond donors (Lipinski definition) is 1. The minimum absolute atomic E-state index is 0.230. The van der Waals surface area contributed by atoms with Crippen LogP contribution in [0, 0.1) is 12.8 Å². The van der Waals surface area contributed by atoms with E-state index in [2.05, 4.69) is 18.8 Å². The van der Waals surface area contributed by atoms with Gasteiger partial charge < -0.3 is 5.11 Å². The molecule has 0 bridgehead atoms. The Morgan fingerprint density at radius 1 is 1.57 bits per heavy atom. The van der Waals surface area contributed by atoms with E-state index in [1.165, 1.54) is 0 Å². The lowest BCUT2D eigenvalue weighted by Gasteiger charge is -2.13. The number of aliphatic hydroxyl groups is 1. The van der Waals surface area contributed by atoms with E-state index < -0.39 is 0 Å². The second kappa shape index (κ2) is 5.47. The fourth-order valence-electron chi connectivity index (χ4n) is 1.46. The Morgan fingerprint density at radius 3 is 2.79 bits per heavy atom. The molecule has 1 heterocycles. The van der Waals surface area contributed by atoms with Gasteiger partial charge in [0, 0.05) is 11.8 Å². The third-order valence-corrected chi connectivity index (χ3v) is 3.31. The molecule has 0 amide bonds. The van der Waals surface area contributed by atoms with Gasteiger partial charge in [0.25, 0.3) is 0 Å². The highest BCUT2D eigenvalue weighted by Crippen LogP contribution is 2.15. The maximum Gasteiger partial charge on any atom is 0.0897 e. The van der Waals surface area contributed by atoms with Crippen molar-refractivity contribution < 1.29 is 5.11 Å². The van der Waals surface area contributed by atoms with Crippen molar-refractivity contribution in [2.24, 2.45) is 5.92 Å². The minimum Gasteiger partial charge on any atom is -0.393 e. The summed E-state index contributed by atoms with van der Waals surface area (Å²) in [4.78, 5) is 4.34. The van der Waals surface area contributed by atoms with Crippen LogP contribution >= 0.6 is 11.3 Å².